The molecule has 1 amide bonds. The summed E-state index contributed by atoms with van der Waals surface area (Å²) in [6.45, 7) is 0.449. The van der Waals surface area contributed by atoms with Crippen molar-refractivity contribution in [1.82, 2.24) is 24.9 Å². The normalized spacial score (nSPS) is 10.5. The summed E-state index contributed by atoms with van der Waals surface area (Å²) in [5.74, 6) is -0.166. The van der Waals surface area contributed by atoms with Crippen LogP contribution >= 0.6 is 15.9 Å². The topological polar surface area (TPSA) is 64.7 Å². The number of carbonyl (C=O) groups is 1. The Labute approximate surface area is 107 Å². The van der Waals surface area contributed by atoms with E-state index in [1.807, 2.05) is 13.2 Å². The third-order valence-corrected chi connectivity index (χ3v) is 2.90. The van der Waals surface area contributed by atoms with E-state index in [4.69, 9.17) is 0 Å². The molecule has 6 nitrogen and oxygen atoms in total. The molecule has 2 heterocycles. The number of nitrogens with one attached hydrogen (secondary N) is 1. The molecule has 0 spiro atoms. The van der Waals surface area contributed by atoms with Gasteiger partial charge in [0.2, 0.25) is 0 Å². The van der Waals surface area contributed by atoms with Gasteiger partial charge >= 0.3 is 0 Å². The van der Waals surface area contributed by atoms with Crippen LogP contribution in [0.5, 0.6) is 0 Å². The predicted octanol–water partition coefficient (Wildman–Crippen LogP) is 0.846. The Bertz CT molecular complexity index is 525. The Balaban J connectivity index is 2.03. The van der Waals surface area contributed by atoms with E-state index < -0.39 is 0 Å². The monoisotopic (exact) mass is 297 g/mol. The average molecular weight is 298 g/mol. The van der Waals surface area contributed by atoms with Gasteiger partial charge in [-0.3, -0.25) is 14.2 Å². The van der Waals surface area contributed by atoms with E-state index in [1.165, 1.54) is 4.68 Å². The minimum absolute atomic E-state index is 0.166. The van der Waals surface area contributed by atoms with Crippen LogP contribution in [0.2, 0.25) is 0 Å². The van der Waals surface area contributed by atoms with Crippen molar-refractivity contribution < 1.29 is 4.79 Å². The van der Waals surface area contributed by atoms with E-state index in [2.05, 4.69) is 31.4 Å². The van der Waals surface area contributed by atoms with Crippen LogP contribution in [0.15, 0.2) is 23.1 Å². The summed E-state index contributed by atoms with van der Waals surface area (Å²) < 4.78 is 3.91. The summed E-state index contributed by atoms with van der Waals surface area (Å²) in [6, 6.07) is 0. The highest BCUT2D eigenvalue weighted by Gasteiger charge is 2.14. The Morgan fingerprint density at radius 2 is 2.18 bits per heavy atom. The number of hydrogen-bond acceptors (Lipinski definition) is 3. The van der Waals surface area contributed by atoms with Gasteiger partial charge in [0, 0.05) is 32.4 Å². The number of aryl methyl sites for hydroxylation is 2. The molecule has 7 heteroatoms. The lowest BCUT2D eigenvalue weighted by Crippen LogP contribution is -2.25. The first-order valence-electron chi connectivity index (χ1n) is 5.01. The van der Waals surface area contributed by atoms with Gasteiger partial charge in [-0.25, -0.2) is 0 Å². The standard InChI is InChI=1S/C10H12BrN5O/c1-15-6-7(4-13-15)3-12-10(17)9-8(11)5-14-16(9)2/h4-6H,3H2,1-2H3,(H,12,17). The molecule has 0 saturated heterocycles. The van der Waals surface area contributed by atoms with Crippen molar-refractivity contribution in [3.63, 3.8) is 0 Å². The van der Waals surface area contributed by atoms with Gasteiger partial charge in [0.15, 0.2) is 0 Å². The minimum Gasteiger partial charge on any atom is -0.346 e. The van der Waals surface area contributed by atoms with Gasteiger partial charge in [0.1, 0.15) is 5.69 Å². The summed E-state index contributed by atoms with van der Waals surface area (Å²) in [5, 5.41) is 10.8. The zero-order valence-corrected chi connectivity index (χ0v) is 11.1. The molecule has 0 bridgehead atoms. The van der Waals surface area contributed by atoms with E-state index in [9.17, 15) is 4.79 Å². The number of rotatable bonds is 3. The number of carbonyl (C=O) groups excluding carboxylic acids is 1. The van der Waals surface area contributed by atoms with Crippen LogP contribution in [0.3, 0.4) is 0 Å². The quantitative estimate of drug-likeness (QED) is 0.913. The molecular formula is C10H12BrN5O. The summed E-state index contributed by atoms with van der Waals surface area (Å²) in [7, 11) is 3.56. The Kier molecular flexibility index (Phi) is 3.28. The molecule has 0 unspecified atom stereocenters. The summed E-state index contributed by atoms with van der Waals surface area (Å²) >= 11 is 3.29. The van der Waals surface area contributed by atoms with Crippen LogP contribution in [0.25, 0.3) is 0 Å². The first kappa shape index (κ1) is 11.8. The number of aromatic nitrogens is 4. The maximum Gasteiger partial charge on any atom is 0.270 e. The van der Waals surface area contributed by atoms with Gasteiger partial charge in [-0.1, -0.05) is 0 Å². The van der Waals surface area contributed by atoms with E-state index in [-0.39, 0.29) is 5.91 Å². The molecule has 0 fully saturated rings. The lowest BCUT2D eigenvalue weighted by atomic mass is 10.3. The zero-order chi connectivity index (χ0) is 12.4. The van der Waals surface area contributed by atoms with Crippen LogP contribution in [0.4, 0.5) is 0 Å². The Hall–Kier alpha value is -1.63. The second-order valence-corrected chi connectivity index (χ2v) is 4.52. The average Bonchev–Trinajstić information content (AvgIpc) is 2.83. The van der Waals surface area contributed by atoms with Crippen LogP contribution < -0.4 is 5.32 Å². The van der Waals surface area contributed by atoms with E-state index in [0.29, 0.717) is 16.7 Å². The lowest BCUT2D eigenvalue weighted by Gasteiger charge is -2.04. The summed E-state index contributed by atoms with van der Waals surface area (Å²) in [6.07, 6.45) is 5.18. The molecule has 90 valence electrons. The van der Waals surface area contributed by atoms with Crippen molar-refractivity contribution in [3.8, 4) is 0 Å². The van der Waals surface area contributed by atoms with Crippen molar-refractivity contribution in [1.29, 1.82) is 0 Å². The van der Waals surface area contributed by atoms with Gasteiger partial charge < -0.3 is 5.32 Å². The number of nitrogens with zero attached hydrogens (tertiary/aromatic N) is 4. The Morgan fingerprint density at radius 1 is 1.41 bits per heavy atom. The molecule has 0 aromatic carbocycles. The van der Waals surface area contributed by atoms with Gasteiger partial charge in [-0.15, -0.1) is 0 Å². The smallest absolute Gasteiger partial charge is 0.270 e. The van der Waals surface area contributed by atoms with Crippen LogP contribution in [0, 0.1) is 0 Å². The number of amides is 1. The molecule has 2 aromatic heterocycles. The van der Waals surface area contributed by atoms with E-state index in [0.717, 1.165) is 5.56 Å². The molecule has 0 radical (unpaired) electrons. The highest BCUT2D eigenvalue weighted by Crippen LogP contribution is 2.14. The number of halogens is 1. The minimum atomic E-state index is -0.166. The highest BCUT2D eigenvalue weighted by molar-refractivity contribution is 9.10. The molecule has 0 aliphatic carbocycles. The molecule has 1 N–H and O–H groups in total. The first-order chi connectivity index (χ1) is 8.08. The number of hydrogen-bond donors (Lipinski definition) is 1. The van der Waals surface area contributed by atoms with Crippen molar-refractivity contribution in [2.75, 3.05) is 0 Å². The van der Waals surface area contributed by atoms with Gasteiger partial charge in [-0.2, -0.15) is 10.2 Å². The van der Waals surface area contributed by atoms with Crippen molar-refractivity contribution >= 4 is 21.8 Å². The third-order valence-electron chi connectivity index (χ3n) is 2.32. The maximum atomic E-state index is 11.9. The molecule has 0 aliphatic rings. The van der Waals surface area contributed by atoms with Crippen LogP contribution in [-0.2, 0) is 20.6 Å². The predicted molar refractivity (Wildman–Crippen MR) is 65.3 cm³/mol. The van der Waals surface area contributed by atoms with Crippen molar-refractivity contribution in [2.24, 2.45) is 14.1 Å². The van der Waals surface area contributed by atoms with Crippen LogP contribution in [-0.4, -0.2) is 25.5 Å². The fourth-order valence-electron chi connectivity index (χ4n) is 1.50. The van der Waals surface area contributed by atoms with Crippen molar-refractivity contribution in [2.45, 2.75) is 6.54 Å². The highest BCUT2D eigenvalue weighted by atomic mass is 79.9. The molecule has 2 rings (SSSR count). The third kappa shape index (κ3) is 2.55. The largest absolute Gasteiger partial charge is 0.346 e. The van der Waals surface area contributed by atoms with Crippen molar-refractivity contribution in [3.05, 3.63) is 34.3 Å². The molecule has 0 saturated carbocycles. The summed E-state index contributed by atoms with van der Waals surface area (Å²) in [5.41, 5.74) is 1.47. The molecule has 17 heavy (non-hydrogen) atoms. The van der Waals surface area contributed by atoms with Gasteiger partial charge in [-0.05, 0) is 15.9 Å². The van der Waals surface area contributed by atoms with Gasteiger partial charge in [0.25, 0.3) is 5.91 Å². The Morgan fingerprint density at radius 3 is 2.71 bits per heavy atom. The van der Waals surface area contributed by atoms with Crippen LogP contribution in [0.1, 0.15) is 16.1 Å². The lowest BCUT2D eigenvalue weighted by molar-refractivity contribution is 0.0940. The zero-order valence-electron chi connectivity index (χ0n) is 9.51. The fraction of sp³-hybridized carbons (Fsp3) is 0.300. The second-order valence-electron chi connectivity index (χ2n) is 3.67. The first-order valence-corrected chi connectivity index (χ1v) is 5.80. The fourth-order valence-corrected chi connectivity index (χ4v) is 2.02. The second kappa shape index (κ2) is 4.70. The maximum absolute atomic E-state index is 11.9. The molecule has 2 aromatic rings. The van der Waals surface area contributed by atoms with E-state index in [1.54, 1.807) is 24.1 Å². The van der Waals surface area contributed by atoms with Gasteiger partial charge in [0.05, 0.1) is 16.9 Å². The molecular weight excluding hydrogens is 286 g/mol. The SMILES string of the molecule is Cn1cc(CNC(=O)c2c(Br)cnn2C)cn1. The van der Waals surface area contributed by atoms with E-state index >= 15 is 0 Å². The summed E-state index contributed by atoms with van der Waals surface area (Å²) in [4.78, 5) is 11.9. The molecule has 0 aliphatic heterocycles. The molecule has 0 atom stereocenters.